The first-order chi connectivity index (χ1) is 16.6. The zero-order valence-corrected chi connectivity index (χ0v) is 19.8. The van der Waals surface area contributed by atoms with E-state index >= 15 is 0 Å². The highest BCUT2D eigenvalue weighted by Crippen LogP contribution is 2.33. The number of nitrogens with zero attached hydrogens (tertiary/aromatic N) is 2. The molecular formula is C29H32N2O3. The summed E-state index contributed by atoms with van der Waals surface area (Å²) in [6, 6.07) is 29.3. The lowest BCUT2D eigenvalue weighted by molar-refractivity contribution is -0.150. The predicted octanol–water partition coefficient (Wildman–Crippen LogP) is 5.82. The fourth-order valence-electron chi connectivity index (χ4n) is 4.75. The summed E-state index contributed by atoms with van der Waals surface area (Å²) < 4.78 is 5.72. The van der Waals surface area contributed by atoms with Gasteiger partial charge in [0, 0.05) is 6.04 Å². The van der Waals surface area contributed by atoms with Crippen molar-refractivity contribution in [1.29, 1.82) is 0 Å². The van der Waals surface area contributed by atoms with Gasteiger partial charge in [0.2, 0.25) is 5.91 Å². The van der Waals surface area contributed by atoms with Crippen molar-refractivity contribution in [3.8, 4) is 0 Å². The van der Waals surface area contributed by atoms with E-state index in [1.54, 1.807) is 4.90 Å². The molecule has 3 atom stereocenters. The number of rotatable bonds is 7. The SMILES string of the molecule is CC[C@H]1[C@H](Cc2ccccc2)C(=O)N([C@@H](C)c2ccccc2)CN1C(=O)OCc1ccccc1. The molecule has 1 saturated heterocycles. The van der Waals surface area contributed by atoms with Crippen molar-refractivity contribution < 1.29 is 14.3 Å². The molecule has 1 aliphatic heterocycles. The van der Waals surface area contributed by atoms with Crippen LogP contribution >= 0.6 is 0 Å². The van der Waals surface area contributed by atoms with Gasteiger partial charge in [0.25, 0.3) is 0 Å². The van der Waals surface area contributed by atoms with Gasteiger partial charge in [-0.2, -0.15) is 0 Å². The molecule has 1 heterocycles. The maximum absolute atomic E-state index is 13.8. The van der Waals surface area contributed by atoms with E-state index in [2.05, 4.69) is 0 Å². The fourth-order valence-corrected chi connectivity index (χ4v) is 4.75. The van der Waals surface area contributed by atoms with Crippen LogP contribution in [0, 0.1) is 5.92 Å². The van der Waals surface area contributed by atoms with Crippen molar-refractivity contribution in [2.75, 3.05) is 6.67 Å². The number of hydrogen-bond donors (Lipinski definition) is 0. The molecule has 0 bridgehead atoms. The molecule has 1 fully saturated rings. The Kier molecular flexibility index (Phi) is 7.63. The van der Waals surface area contributed by atoms with Crippen molar-refractivity contribution in [2.45, 2.75) is 45.4 Å². The summed E-state index contributed by atoms with van der Waals surface area (Å²) in [5.74, 6) is -0.254. The summed E-state index contributed by atoms with van der Waals surface area (Å²) in [4.78, 5) is 30.7. The van der Waals surface area contributed by atoms with Crippen molar-refractivity contribution in [3.63, 3.8) is 0 Å². The predicted molar refractivity (Wildman–Crippen MR) is 133 cm³/mol. The van der Waals surface area contributed by atoms with E-state index in [0.717, 1.165) is 16.7 Å². The van der Waals surface area contributed by atoms with Gasteiger partial charge in [-0.25, -0.2) is 4.79 Å². The van der Waals surface area contributed by atoms with Crippen LogP contribution in [0.15, 0.2) is 91.0 Å². The standard InChI is InChI=1S/C29H32N2O3/c1-3-27-26(19-23-13-7-4-8-14-23)28(32)30(22(2)25-17-11-6-12-18-25)21-31(27)29(33)34-20-24-15-9-5-10-16-24/h4-18,22,26-27H,3,19-21H2,1-2H3/t22-,26-,27-/m0/s1. The molecule has 0 saturated carbocycles. The molecule has 0 aliphatic carbocycles. The quantitative estimate of drug-likeness (QED) is 0.450. The van der Waals surface area contributed by atoms with Gasteiger partial charge in [-0.15, -0.1) is 0 Å². The van der Waals surface area contributed by atoms with E-state index in [0.29, 0.717) is 12.8 Å². The fraction of sp³-hybridized carbons (Fsp3) is 0.310. The third-order valence-corrected chi connectivity index (χ3v) is 6.68. The maximum Gasteiger partial charge on any atom is 0.411 e. The van der Waals surface area contributed by atoms with Crippen LogP contribution in [-0.2, 0) is 22.6 Å². The van der Waals surface area contributed by atoms with E-state index in [1.165, 1.54) is 0 Å². The highest BCUT2D eigenvalue weighted by molar-refractivity contribution is 5.83. The first-order valence-corrected chi connectivity index (χ1v) is 11.9. The Morgan fingerprint density at radius 3 is 2.06 bits per heavy atom. The van der Waals surface area contributed by atoms with Crippen LogP contribution in [0.3, 0.4) is 0 Å². The third kappa shape index (κ3) is 5.30. The summed E-state index contributed by atoms with van der Waals surface area (Å²) in [6.07, 6.45) is 0.877. The van der Waals surface area contributed by atoms with Crippen molar-refractivity contribution >= 4 is 12.0 Å². The Bertz CT molecular complexity index is 1070. The summed E-state index contributed by atoms with van der Waals surface area (Å²) >= 11 is 0. The number of carbonyl (C=O) groups is 2. The molecule has 4 rings (SSSR count). The summed E-state index contributed by atoms with van der Waals surface area (Å²) in [5.41, 5.74) is 3.07. The van der Waals surface area contributed by atoms with E-state index in [1.807, 2.05) is 110 Å². The number of amides is 2. The molecule has 5 nitrogen and oxygen atoms in total. The minimum Gasteiger partial charge on any atom is -0.444 e. The van der Waals surface area contributed by atoms with Crippen LogP contribution in [0.4, 0.5) is 4.79 Å². The van der Waals surface area contributed by atoms with Gasteiger partial charge >= 0.3 is 6.09 Å². The normalized spacial score (nSPS) is 19.1. The molecule has 1 aliphatic rings. The van der Waals surface area contributed by atoms with Crippen molar-refractivity contribution in [2.24, 2.45) is 5.92 Å². The first-order valence-electron chi connectivity index (χ1n) is 11.9. The van der Waals surface area contributed by atoms with Crippen LogP contribution in [0.2, 0.25) is 0 Å². The van der Waals surface area contributed by atoms with Gasteiger partial charge in [0.05, 0.1) is 18.6 Å². The number of carbonyl (C=O) groups excluding carboxylic acids is 2. The molecule has 176 valence electrons. The number of hydrogen-bond acceptors (Lipinski definition) is 3. The first kappa shape index (κ1) is 23.6. The lowest BCUT2D eigenvalue weighted by atomic mass is 9.86. The van der Waals surface area contributed by atoms with Crippen LogP contribution < -0.4 is 0 Å². The lowest BCUT2D eigenvalue weighted by Gasteiger charge is -2.47. The second-order valence-corrected chi connectivity index (χ2v) is 8.82. The number of benzene rings is 3. The molecule has 0 N–H and O–H groups in total. The van der Waals surface area contributed by atoms with Crippen LogP contribution in [0.5, 0.6) is 0 Å². The molecule has 0 unspecified atom stereocenters. The molecule has 3 aromatic carbocycles. The molecule has 0 radical (unpaired) electrons. The van der Waals surface area contributed by atoms with Crippen molar-refractivity contribution in [3.05, 3.63) is 108 Å². The van der Waals surface area contributed by atoms with Crippen LogP contribution in [-0.4, -0.2) is 34.5 Å². The lowest BCUT2D eigenvalue weighted by Crippen LogP contribution is -2.61. The average Bonchev–Trinajstić information content (AvgIpc) is 2.89. The van der Waals surface area contributed by atoms with Gasteiger partial charge < -0.3 is 9.64 Å². The van der Waals surface area contributed by atoms with Gasteiger partial charge in [-0.05, 0) is 36.5 Å². The Balaban J connectivity index is 1.61. The van der Waals surface area contributed by atoms with Crippen LogP contribution in [0.1, 0.15) is 43.0 Å². The Hall–Kier alpha value is -3.60. The molecule has 0 spiro atoms. The summed E-state index contributed by atoms with van der Waals surface area (Å²) in [6.45, 7) is 4.47. The maximum atomic E-state index is 13.8. The zero-order chi connectivity index (χ0) is 23.9. The van der Waals surface area contributed by atoms with Crippen LogP contribution in [0.25, 0.3) is 0 Å². The largest absolute Gasteiger partial charge is 0.444 e. The minimum absolute atomic E-state index is 0.0826. The summed E-state index contributed by atoms with van der Waals surface area (Å²) in [7, 11) is 0. The topological polar surface area (TPSA) is 49.9 Å². The van der Waals surface area contributed by atoms with Gasteiger partial charge in [0.1, 0.15) is 6.61 Å². The summed E-state index contributed by atoms with van der Waals surface area (Å²) in [5, 5.41) is 0. The zero-order valence-electron chi connectivity index (χ0n) is 19.8. The van der Waals surface area contributed by atoms with Gasteiger partial charge in [-0.3, -0.25) is 9.69 Å². The van der Waals surface area contributed by atoms with E-state index < -0.39 is 0 Å². The minimum atomic E-state index is -0.383. The molecule has 0 aromatic heterocycles. The molecule has 2 amide bonds. The Morgan fingerprint density at radius 1 is 0.912 bits per heavy atom. The van der Waals surface area contributed by atoms with Crippen molar-refractivity contribution in [1.82, 2.24) is 9.80 Å². The number of ether oxygens (including phenoxy) is 1. The third-order valence-electron chi connectivity index (χ3n) is 6.68. The highest BCUT2D eigenvalue weighted by atomic mass is 16.6. The van der Waals surface area contributed by atoms with E-state index in [9.17, 15) is 9.59 Å². The molecule has 34 heavy (non-hydrogen) atoms. The molecule has 3 aromatic rings. The highest BCUT2D eigenvalue weighted by Gasteiger charge is 2.44. The van der Waals surface area contributed by atoms with Gasteiger partial charge in [0.15, 0.2) is 0 Å². The van der Waals surface area contributed by atoms with Gasteiger partial charge in [-0.1, -0.05) is 97.9 Å². The molecule has 5 heteroatoms. The monoisotopic (exact) mass is 456 g/mol. The molecular weight excluding hydrogens is 424 g/mol. The second kappa shape index (κ2) is 11.0. The van der Waals surface area contributed by atoms with E-state index in [-0.39, 0.29) is 43.3 Å². The average molecular weight is 457 g/mol. The smallest absolute Gasteiger partial charge is 0.411 e. The second-order valence-electron chi connectivity index (χ2n) is 8.82. The Morgan fingerprint density at radius 2 is 1.47 bits per heavy atom. The van der Waals surface area contributed by atoms with E-state index in [4.69, 9.17) is 4.74 Å². The Labute approximate surface area is 202 Å².